The molecule has 0 spiro atoms. The van der Waals surface area contributed by atoms with Crippen LogP contribution in [0.25, 0.3) is 0 Å². The zero-order valence-electron chi connectivity index (χ0n) is 16.2. The van der Waals surface area contributed by atoms with Crippen LogP contribution in [0.5, 0.6) is 0 Å². The van der Waals surface area contributed by atoms with Gasteiger partial charge in [-0.1, -0.05) is 35.3 Å². The Morgan fingerprint density at radius 3 is 2.03 bits per heavy atom. The van der Waals surface area contributed by atoms with E-state index < -0.39 is 32.6 Å². The molecule has 0 aliphatic carbocycles. The maximum absolute atomic E-state index is 13.7. The van der Waals surface area contributed by atoms with Gasteiger partial charge in [0, 0.05) is 6.20 Å². The van der Waals surface area contributed by atoms with Crippen molar-refractivity contribution in [2.75, 3.05) is 13.1 Å². The smallest absolute Gasteiger partial charge is 0.200 e. The van der Waals surface area contributed by atoms with Crippen molar-refractivity contribution in [3.8, 4) is 0 Å². The number of rotatable bonds is 5. The topological polar surface area (TPSA) is 74.8 Å². The lowest BCUT2D eigenvalue weighted by molar-refractivity contribution is 0.495. The van der Waals surface area contributed by atoms with Gasteiger partial charge in [-0.05, 0) is 61.3 Å². The summed E-state index contributed by atoms with van der Waals surface area (Å²) in [6.07, 6.45) is 2.38. The minimum absolute atomic E-state index is 0.0548. The van der Waals surface area contributed by atoms with Crippen molar-refractivity contribution < 1.29 is 17.2 Å². The molecule has 0 saturated carbocycles. The summed E-state index contributed by atoms with van der Waals surface area (Å²) in [4.78, 5) is 7.31. The summed E-state index contributed by atoms with van der Waals surface area (Å²) >= 11 is 12.0. The van der Waals surface area contributed by atoms with Gasteiger partial charge in [0.2, 0.25) is 0 Å². The van der Waals surface area contributed by atoms with Crippen molar-refractivity contribution in [3.05, 3.63) is 81.2 Å². The second-order valence-electron chi connectivity index (χ2n) is 7.40. The molecule has 0 radical (unpaired) electrons. The third-order valence-corrected chi connectivity index (χ3v) is 8.14. The number of hydrogen-bond acceptors (Lipinski definition) is 4. The summed E-state index contributed by atoms with van der Waals surface area (Å²) in [5, 5.41) is 2.39. The van der Waals surface area contributed by atoms with Gasteiger partial charge in [-0.25, -0.2) is 22.2 Å². The highest BCUT2D eigenvalue weighted by molar-refractivity contribution is 7.92. The molecule has 1 fully saturated rings. The number of H-pyrrole nitrogens is 1. The largest absolute Gasteiger partial charge is 0.347 e. The molecule has 3 aromatic rings. The van der Waals surface area contributed by atoms with Gasteiger partial charge in [-0.15, -0.1) is 0 Å². The van der Waals surface area contributed by atoms with Crippen molar-refractivity contribution >= 4 is 33.0 Å². The number of benzene rings is 2. The number of hydrogen-bond donors (Lipinski definition) is 2. The molecular weight excluding hydrogens is 467 g/mol. The van der Waals surface area contributed by atoms with Crippen molar-refractivity contribution in [1.29, 1.82) is 0 Å². The lowest BCUT2D eigenvalue weighted by Crippen LogP contribution is -2.35. The predicted octanol–water partition coefficient (Wildman–Crippen LogP) is 4.70. The van der Waals surface area contributed by atoms with Gasteiger partial charge in [0.1, 0.15) is 17.5 Å². The molecule has 0 atom stereocenters. The number of halogens is 4. The highest BCUT2D eigenvalue weighted by Crippen LogP contribution is 2.35. The Labute approximate surface area is 188 Å². The molecule has 1 aliphatic heterocycles. The van der Waals surface area contributed by atoms with E-state index in [-0.39, 0.29) is 15.1 Å². The molecule has 10 heteroatoms. The van der Waals surface area contributed by atoms with Crippen LogP contribution in [-0.4, -0.2) is 36.7 Å². The van der Waals surface area contributed by atoms with Crippen molar-refractivity contribution in [2.45, 2.75) is 29.0 Å². The summed E-state index contributed by atoms with van der Waals surface area (Å²) in [6.45, 7) is 1.26. The Morgan fingerprint density at radius 1 is 0.968 bits per heavy atom. The highest BCUT2D eigenvalue weighted by Gasteiger charge is 2.32. The Balaban J connectivity index is 1.79. The van der Waals surface area contributed by atoms with Gasteiger partial charge in [0.15, 0.2) is 14.9 Å². The van der Waals surface area contributed by atoms with Crippen LogP contribution >= 0.6 is 23.2 Å². The summed E-state index contributed by atoms with van der Waals surface area (Å²) in [7, 11) is -3.62. The molecule has 0 bridgehead atoms. The molecule has 1 aromatic heterocycles. The van der Waals surface area contributed by atoms with Crippen LogP contribution in [0.4, 0.5) is 8.78 Å². The Hall–Kier alpha value is -2.00. The first-order valence-electron chi connectivity index (χ1n) is 9.67. The maximum atomic E-state index is 13.7. The molecule has 5 nitrogen and oxygen atoms in total. The van der Waals surface area contributed by atoms with E-state index in [0.717, 1.165) is 0 Å². The standard InChI is InChI=1S/C21H19Cl2F2N3O2S/c22-15-9-12(1-3-17(15)24)20(13-2-4-18(25)16(23)10-13)21-27-11-19(28-21)31(29,30)14-5-7-26-8-6-14/h1-4,9-11,14,20,26H,5-8H2,(H,27,28). The second-order valence-corrected chi connectivity index (χ2v) is 10.4. The second kappa shape index (κ2) is 8.86. The van der Waals surface area contributed by atoms with E-state index in [1.54, 1.807) is 0 Å². The summed E-state index contributed by atoms with van der Waals surface area (Å²) in [5.41, 5.74) is 1.10. The Morgan fingerprint density at radius 2 is 1.52 bits per heavy atom. The van der Waals surface area contributed by atoms with Crippen molar-refractivity contribution in [1.82, 2.24) is 15.3 Å². The molecule has 4 rings (SSSR count). The average Bonchev–Trinajstić information content (AvgIpc) is 3.24. The third kappa shape index (κ3) is 4.48. The third-order valence-electron chi connectivity index (χ3n) is 5.42. The van der Waals surface area contributed by atoms with Gasteiger partial charge in [0.25, 0.3) is 0 Å². The number of imidazole rings is 1. The average molecular weight is 486 g/mol. The molecule has 2 heterocycles. The zero-order chi connectivity index (χ0) is 22.2. The SMILES string of the molecule is O=S(=O)(c1c[nH]c(C(c2ccc(F)c(Cl)c2)c2ccc(F)c(Cl)c2)n1)C1CCNCC1. The highest BCUT2D eigenvalue weighted by atomic mass is 35.5. The fourth-order valence-electron chi connectivity index (χ4n) is 3.78. The quantitative estimate of drug-likeness (QED) is 0.549. The molecule has 0 amide bonds. The first-order valence-corrected chi connectivity index (χ1v) is 12.0. The normalized spacial score (nSPS) is 15.5. The van der Waals surface area contributed by atoms with Gasteiger partial charge in [-0.3, -0.25) is 0 Å². The number of aromatic amines is 1. The molecule has 1 aliphatic rings. The lowest BCUT2D eigenvalue weighted by Gasteiger charge is -2.21. The van der Waals surface area contributed by atoms with E-state index in [9.17, 15) is 17.2 Å². The summed E-state index contributed by atoms with van der Waals surface area (Å²) in [5.74, 6) is -1.53. The number of piperidine rings is 1. The molecule has 2 aromatic carbocycles. The van der Waals surface area contributed by atoms with Crippen LogP contribution in [0.1, 0.15) is 35.7 Å². The monoisotopic (exact) mass is 485 g/mol. The molecule has 0 unspecified atom stereocenters. The first kappa shape index (κ1) is 22.2. The molecular formula is C21H19Cl2F2N3O2S. The van der Waals surface area contributed by atoms with E-state index in [2.05, 4.69) is 15.3 Å². The van der Waals surface area contributed by atoms with Crippen LogP contribution in [0.15, 0.2) is 47.6 Å². The lowest BCUT2D eigenvalue weighted by atomic mass is 9.90. The Bertz CT molecular complexity index is 1160. The van der Waals surface area contributed by atoms with E-state index in [1.165, 1.54) is 42.6 Å². The fraction of sp³-hybridized carbons (Fsp3) is 0.286. The van der Waals surface area contributed by atoms with E-state index in [1.807, 2.05) is 0 Å². The van der Waals surface area contributed by atoms with Crippen LogP contribution in [-0.2, 0) is 9.84 Å². The van der Waals surface area contributed by atoms with Crippen LogP contribution in [0, 0.1) is 11.6 Å². The van der Waals surface area contributed by atoms with Crippen molar-refractivity contribution in [3.63, 3.8) is 0 Å². The van der Waals surface area contributed by atoms with Crippen molar-refractivity contribution in [2.24, 2.45) is 0 Å². The number of sulfone groups is 1. The molecule has 31 heavy (non-hydrogen) atoms. The van der Waals surface area contributed by atoms with Crippen LogP contribution in [0.3, 0.4) is 0 Å². The zero-order valence-corrected chi connectivity index (χ0v) is 18.5. The maximum Gasteiger partial charge on any atom is 0.200 e. The number of nitrogens with one attached hydrogen (secondary N) is 2. The number of aromatic nitrogens is 2. The van der Waals surface area contributed by atoms with E-state index >= 15 is 0 Å². The molecule has 164 valence electrons. The number of nitrogens with zero attached hydrogens (tertiary/aromatic N) is 1. The Kier molecular flexibility index (Phi) is 6.35. The van der Waals surface area contributed by atoms with Gasteiger partial charge < -0.3 is 10.3 Å². The summed E-state index contributed by atoms with van der Waals surface area (Å²) in [6, 6.07) is 8.33. The minimum Gasteiger partial charge on any atom is -0.347 e. The predicted molar refractivity (Wildman–Crippen MR) is 115 cm³/mol. The molecule has 2 N–H and O–H groups in total. The van der Waals surface area contributed by atoms with Gasteiger partial charge >= 0.3 is 0 Å². The summed E-state index contributed by atoms with van der Waals surface area (Å²) < 4.78 is 53.6. The van der Waals surface area contributed by atoms with E-state index in [4.69, 9.17) is 23.2 Å². The van der Waals surface area contributed by atoms with Crippen LogP contribution < -0.4 is 5.32 Å². The van der Waals surface area contributed by atoms with Crippen LogP contribution in [0.2, 0.25) is 10.0 Å². The minimum atomic E-state index is -3.62. The van der Waals surface area contributed by atoms with Gasteiger partial charge in [0.05, 0.1) is 21.2 Å². The fourth-order valence-corrected chi connectivity index (χ4v) is 5.81. The molecule has 1 saturated heterocycles. The van der Waals surface area contributed by atoms with E-state index in [0.29, 0.717) is 42.9 Å². The first-order chi connectivity index (χ1) is 14.8. The van der Waals surface area contributed by atoms with Gasteiger partial charge in [-0.2, -0.15) is 0 Å².